The van der Waals surface area contributed by atoms with Gasteiger partial charge in [-0.25, -0.2) is 9.78 Å². The van der Waals surface area contributed by atoms with Crippen molar-refractivity contribution in [3.05, 3.63) is 77.7 Å². The number of ether oxygens (including phenoxy) is 1. The van der Waals surface area contributed by atoms with E-state index >= 15 is 0 Å². The number of amides is 2. The summed E-state index contributed by atoms with van der Waals surface area (Å²) in [7, 11) is 0. The summed E-state index contributed by atoms with van der Waals surface area (Å²) < 4.78 is 5.93. The molecule has 0 saturated heterocycles. The number of urea groups is 1. The van der Waals surface area contributed by atoms with Crippen molar-refractivity contribution in [2.45, 2.75) is 33.7 Å². The summed E-state index contributed by atoms with van der Waals surface area (Å²) in [6, 6.07) is 13.2. The lowest BCUT2D eigenvalue weighted by atomic mass is 10.1. The Kier molecular flexibility index (Phi) is 6.79. The Morgan fingerprint density at radius 2 is 1.97 bits per heavy atom. The number of aromatic nitrogens is 2. The molecule has 2 aromatic heterocycles. The Bertz CT molecular complexity index is 943. The number of aryl methyl sites for hydroxylation is 1. The van der Waals surface area contributed by atoms with Crippen LogP contribution < -0.4 is 15.0 Å². The lowest BCUT2D eigenvalue weighted by Gasteiger charge is -2.23. The Morgan fingerprint density at radius 1 is 1.10 bits per heavy atom. The normalized spacial score (nSPS) is 10.4. The number of benzene rings is 1. The van der Waals surface area contributed by atoms with Gasteiger partial charge in [0.05, 0.1) is 18.4 Å². The van der Waals surface area contributed by atoms with Crippen molar-refractivity contribution in [2.75, 3.05) is 11.4 Å². The van der Waals surface area contributed by atoms with Crippen LogP contribution in [0.2, 0.25) is 0 Å². The van der Waals surface area contributed by atoms with Gasteiger partial charge >= 0.3 is 6.03 Å². The molecule has 6 heteroatoms. The van der Waals surface area contributed by atoms with Gasteiger partial charge in [-0.15, -0.1) is 0 Å². The van der Waals surface area contributed by atoms with Crippen LogP contribution >= 0.6 is 0 Å². The predicted molar refractivity (Wildman–Crippen MR) is 114 cm³/mol. The maximum Gasteiger partial charge on any atom is 0.322 e. The van der Waals surface area contributed by atoms with E-state index < -0.39 is 0 Å². The summed E-state index contributed by atoms with van der Waals surface area (Å²) in [5.74, 6) is 1.26. The van der Waals surface area contributed by atoms with E-state index in [-0.39, 0.29) is 6.03 Å². The summed E-state index contributed by atoms with van der Waals surface area (Å²) in [6.45, 7) is 7.11. The highest BCUT2D eigenvalue weighted by Crippen LogP contribution is 2.27. The number of nitrogens with zero attached hydrogens (tertiary/aromatic N) is 3. The molecular formula is C23H26N4O2. The van der Waals surface area contributed by atoms with Crippen molar-refractivity contribution in [1.82, 2.24) is 15.3 Å². The zero-order chi connectivity index (χ0) is 20.6. The van der Waals surface area contributed by atoms with E-state index in [0.717, 1.165) is 28.9 Å². The molecule has 0 unspecified atom stereocenters. The monoisotopic (exact) mass is 390 g/mol. The van der Waals surface area contributed by atoms with Crippen LogP contribution in [0, 0.1) is 13.8 Å². The van der Waals surface area contributed by atoms with Crippen molar-refractivity contribution in [2.24, 2.45) is 0 Å². The maximum absolute atomic E-state index is 12.7. The van der Waals surface area contributed by atoms with Crippen LogP contribution in [0.15, 0.2) is 61.1 Å². The fourth-order valence-corrected chi connectivity index (χ4v) is 2.82. The third-order valence-corrected chi connectivity index (χ3v) is 4.64. The molecule has 2 heterocycles. The van der Waals surface area contributed by atoms with Crippen molar-refractivity contribution < 1.29 is 9.53 Å². The average molecular weight is 390 g/mol. The van der Waals surface area contributed by atoms with Crippen LogP contribution in [0.1, 0.15) is 30.0 Å². The molecule has 0 spiro atoms. The minimum Gasteiger partial charge on any atom is -0.439 e. The minimum absolute atomic E-state index is 0.166. The minimum atomic E-state index is -0.166. The maximum atomic E-state index is 12.7. The third kappa shape index (κ3) is 5.31. The van der Waals surface area contributed by atoms with Gasteiger partial charge in [0.1, 0.15) is 5.75 Å². The number of carbonyl (C=O) groups excluding carboxylic acids is 1. The van der Waals surface area contributed by atoms with Gasteiger partial charge in [-0.2, -0.15) is 0 Å². The van der Waals surface area contributed by atoms with E-state index in [1.165, 1.54) is 0 Å². The molecule has 6 nitrogen and oxygen atoms in total. The van der Waals surface area contributed by atoms with Gasteiger partial charge in [-0.05, 0) is 55.2 Å². The highest BCUT2D eigenvalue weighted by molar-refractivity contribution is 5.91. The van der Waals surface area contributed by atoms with Crippen molar-refractivity contribution in [3.8, 4) is 11.6 Å². The number of nitrogens with one attached hydrogen (secondary N) is 1. The standard InChI is InChI=1S/C23H26N4O2/c1-4-12-25-23(28)27(16-19-8-6-13-24-14-19)20-10-11-22(26-15-20)29-21-9-5-7-17(2)18(21)3/h5-11,13-15H,4,12,16H2,1-3H3,(H,25,28). The first-order valence-corrected chi connectivity index (χ1v) is 9.73. The number of carbonyl (C=O) groups is 1. The first kappa shape index (κ1) is 20.3. The number of rotatable bonds is 7. The molecular weight excluding hydrogens is 364 g/mol. The molecule has 3 aromatic rings. The van der Waals surface area contributed by atoms with Gasteiger partial charge in [0.15, 0.2) is 0 Å². The highest BCUT2D eigenvalue weighted by atomic mass is 16.5. The Labute approximate surface area is 171 Å². The second kappa shape index (κ2) is 9.68. The average Bonchev–Trinajstić information content (AvgIpc) is 2.75. The van der Waals surface area contributed by atoms with Crippen molar-refractivity contribution in [3.63, 3.8) is 0 Å². The number of hydrogen-bond acceptors (Lipinski definition) is 4. The molecule has 3 rings (SSSR count). The summed E-state index contributed by atoms with van der Waals surface area (Å²) in [6.07, 6.45) is 5.99. The summed E-state index contributed by atoms with van der Waals surface area (Å²) >= 11 is 0. The molecule has 0 bridgehead atoms. The lowest BCUT2D eigenvalue weighted by molar-refractivity contribution is 0.246. The van der Waals surface area contributed by atoms with Gasteiger partial charge in [0.2, 0.25) is 5.88 Å². The second-order valence-corrected chi connectivity index (χ2v) is 6.83. The Morgan fingerprint density at radius 3 is 2.66 bits per heavy atom. The topological polar surface area (TPSA) is 67.4 Å². The zero-order valence-corrected chi connectivity index (χ0v) is 17.1. The molecule has 0 atom stereocenters. The van der Waals surface area contributed by atoms with Crippen LogP contribution in [0.3, 0.4) is 0 Å². The molecule has 0 aliphatic rings. The van der Waals surface area contributed by atoms with Gasteiger partial charge in [0.25, 0.3) is 0 Å². The van der Waals surface area contributed by atoms with E-state index in [4.69, 9.17) is 4.74 Å². The summed E-state index contributed by atoms with van der Waals surface area (Å²) in [5.41, 5.74) is 3.87. The zero-order valence-electron chi connectivity index (χ0n) is 17.1. The first-order chi connectivity index (χ1) is 14.1. The SMILES string of the molecule is CCCNC(=O)N(Cc1cccnc1)c1ccc(Oc2cccc(C)c2C)nc1. The van der Waals surface area contributed by atoms with Crippen LogP contribution in [0.5, 0.6) is 11.6 Å². The van der Waals surface area contributed by atoms with E-state index in [1.54, 1.807) is 29.6 Å². The molecule has 1 aromatic carbocycles. The highest BCUT2D eigenvalue weighted by Gasteiger charge is 2.17. The van der Waals surface area contributed by atoms with E-state index in [2.05, 4.69) is 15.3 Å². The molecule has 0 fully saturated rings. The van der Waals surface area contributed by atoms with Crippen LogP contribution in [-0.4, -0.2) is 22.5 Å². The second-order valence-electron chi connectivity index (χ2n) is 6.83. The Hall–Kier alpha value is -3.41. The van der Waals surface area contributed by atoms with Gasteiger partial charge < -0.3 is 10.1 Å². The smallest absolute Gasteiger partial charge is 0.322 e. The third-order valence-electron chi connectivity index (χ3n) is 4.64. The van der Waals surface area contributed by atoms with E-state index in [0.29, 0.717) is 24.7 Å². The molecule has 0 aliphatic carbocycles. The molecule has 150 valence electrons. The Balaban J connectivity index is 1.80. The fourth-order valence-electron chi connectivity index (χ4n) is 2.82. The van der Waals surface area contributed by atoms with Crippen LogP contribution in [0.4, 0.5) is 10.5 Å². The molecule has 1 N–H and O–H groups in total. The van der Waals surface area contributed by atoms with Gasteiger partial charge in [-0.1, -0.05) is 25.1 Å². The van der Waals surface area contributed by atoms with E-state index in [9.17, 15) is 4.79 Å². The number of pyridine rings is 2. The van der Waals surface area contributed by atoms with Crippen LogP contribution in [-0.2, 0) is 6.54 Å². The molecule has 29 heavy (non-hydrogen) atoms. The lowest BCUT2D eigenvalue weighted by Crippen LogP contribution is -2.40. The summed E-state index contributed by atoms with van der Waals surface area (Å²) in [5, 5.41) is 2.93. The molecule has 2 amide bonds. The molecule has 0 aliphatic heterocycles. The van der Waals surface area contributed by atoms with Gasteiger partial charge in [-0.3, -0.25) is 9.88 Å². The largest absolute Gasteiger partial charge is 0.439 e. The molecule has 0 radical (unpaired) electrons. The predicted octanol–water partition coefficient (Wildman–Crippen LogP) is 5.01. The molecule has 0 saturated carbocycles. The van der Waals surface area contributed by atoms with Gasteiger partial charge in [0, 0.05) is 25.0 Å². The first-order valence-electron chi connectivity index (χ1n) is 9.73. The quantitative estimate of drug-likeness (QED) is 0.616. The summed E-state index contributed by atoms with van der Waals surface area (Å²) in [4.78, 5) is 22.9. The van der Waals surface area contributed by atoms with Crippen molar-refractivity contribution >= 4 is 11.7 Å². The fraction of sp³-hybridized carbons (Fsp3) is 0.261. The van der Waals surface area contributed by atoms with Crippen molar-refractivity contribution in [1.29, 1.82) is 0 Å². The van der Waals surface area contributed by atoms with E-state index in [1.807, 2.05) is 57.2 Å². The number of hydrogen-bond donors (Lipinski definition) is 1. The number of anilines is 1. The van der Waals surface area contributed by atoms with Crippen LogP contribution in [0.25, 0.3) is 0 Å².